The average Bonchev–Trinajstić information content (AvgIpc) is 2.66. The second kappa shape index (κ2) is 8.94. The molecule has 2 N–H and O–H groups in total. The van der Waals surface area contributed by atoms with Crippen molar-refractivity contribution < 1.29 is 4.79 Å². The molecule has 2 aromatic rings. The molecular formula is C23H31N3O. The van der Waals surface area contributed by atoms with E-state index in [1.807, 2.05) is 12.1 Å². The molecule has 1 heterocycles. The van der Waals surface area contributed by atoms with Crippen LogP contribution in [0.1, 0.15) is 37.3 Å². The Bertz CT molecular complexity index is 762. The number of amides is 1. The first-order chi connectivity index (χ1) is 13.0. The van der Waals surface area contributed by atoms with Gasteiger partial charge in [0, 0.05) is 43.1 Å². The Kier molecular flexibility index (Phi) is 6.38. The van der Waals surface area contributed by atoms with Crippen LogP contribution in [0.25, 0.3) is 0 Å². The minimum atomic E-state index is 0.0346. The van der Waals surface area contributed by atoms with Crippen LogP contribution in [-0.2, 0) is 4.79 Å². The van der Waals surface area contributed by atoms with Crippen LogP contribution in [0.3, 0.4) is 0 Å². The summed E-state index contributed by atoms with van der Waals surface area (Å²) in [6.45, 7) is 9.34. The van der Waals surface area contributed by atoms with Gasteiger partial charge in [-0.25, -0.2) is 0 Å². The molecule has 1 aliphatic heterocycles. The fraction of sp³-hybridized carbons (Fsp3) is 0.435. The molecule has 0 unspecified atom stereocenters. The van der Waals surface area contributed by atoms with E-state index in [1.54, 1.807) is 0 Å². The van der Waals surface area contributed by atoms with Gasteiger partial charge in [-0.15, -0.1) is 0 Å². The molecule has 2 aromatic carbocycles. The largest absolute Gasteiger partial charge is 0.384 e. The lowest BCUT2D eigenvalue weighted by molar-refractivity contribution is -0.115. The summed E-state index contributed by atoms with van der Waals surface area (Å²) in [6, 6.07) is 14.5. The lowest BCUT2D eigenvalue weighted by atomic mass is 9.99. The fourth-order valence-electron chi connectivity index (χ4n) is 3.48. The third kappa shape index (κ3) is 5.49. The van der Waals surface area contributed by atoms with Crippen LogP contribution in [0, 0.1) is 19.8 Å². The molecule has 0 aliphatic carbocycles. The van der Waals surface area contributed by atoms with Gasteiger partial charge in [-0.2, -0.15) is 0 Å². The lowest BCUT2D eigenvalue weighted by Crippen LogP contribution is -2.32. The van der Waals surface area contributed by atoms with E-state index in [9.17, 15) is 4.79 Å². The molecular weight excluding hydrogens is 334 g/mol. The van der Waals surface area contributed by atoms with Gasteiger partial charge in [-0.05, 0) is 74.1 Å². The summed E-state index contributed by atoms with van der Waals surface area (Å²) in [5.74, 6) is 0.865. The Balaban J connectivity index is 1.46. The van der Waals surface area contributed by atoms with Crippen molar-refractivity contribution in [1.82, 2.24) is 0 Å². The summed E-state index contributed by atoms with van der Waals surface area (Å²) in [6.07, 6.45) is 2.96. The van der Waals surface area contributed by atoms with Gasteiger partial charge in [0.15, 0.2) is 0 Å². The standard InChI is InChI=1S/C23H31N3O/c1-17-11-14-26(15-12-17)21-8-6-20(7-9-21)25-23(27)10-13-24-22-16-18(2)4-5-19(22)3/h4-9,16-17,24H,10-15H2,1-3H3,(H,25,27). The molecule has 144 valence electrons. The van der Waals surface area contributed by atoms with Gasteiger partial charge in [-0.1, -0.05) is 19.1 Å². The molecule has 4 heteroatoms. The molecule has 4 nitrogen and oxygen atoms in total. The Morgan fingerprint density at radius 1 is 1.07 bits per heavy atom. The third-order valence-electron chi connectivity index (χ3n) is 5.36. The Labute approximate surface area is 163 Å². The number of rotatable bonds is 6. The number of hydrogen-bond donors (Lipinski definition) is 2. The fourth-order valence-corrected chi connectivity index (χ4v) is 3.48. The zero-order valence-corrected chi connectivity index (χ0v) is 16.7. The predicted octanol–water partition coefficient (Wildman–Crippen LogP) is 4.98. The molecule has 1 fully saturated rings. The van der Waals surface area contributed by atoms with Crippen LogP contribution in [0.2, 0.25) is 0 Å². The van der Waals surface area contributed by atoms with Gasteiger partial charge in [0.25, 0.3) is 0 Å². The first-order valence-electron chi connectivity index (χ1n) is 9.97. The summed E-state index contributed by atoms with van der Waals surface area (Å²) in [5, 5.41) is 6.35. The quantitative estimate of drug-likeness (QED) is 0.759. The molecule has 27 heavy (non-hydrogen) atoms. The van der Waals surface area contributed by atoms with E-state index in [2.05, 4.69) is 66.6 Å². The summed E-state index contributed by atoms with van der Waals surface area (Å²) >= 11 is 0. The number of piperidine rings is 1. The van der Waals surface area contributed by atoms with Crippen LogP contribution >= 0.6 is 0 Å². The van der Waals surface area contributed by atoms with E-state index >= 15 is 0 Å². The predicted molar refractivity (Wildman–Crippen MR) is 115 cm³/mol. The number of carbonyl (C=O) groups is 1. The molecule has 0 bridgehead atoms. The minimum Gasteiger partial charge on any atom is -0.384 e. The molecule has 1 aliphatic rings. The molecule has 1 saturated heterocycles. The van der Waals surface area contributed by atoms with Crippen molar-refractivity contribution in [2.24, 2.45) is 5.92 Å². The van der Waals surface area contributed by atoms with Gasteiger partial charge in [0.05, 0.1) is 0 Å². The highest BCUT2D eigenvalue weighted by Gasteiger charge is 2.15. The highest BCUT2D eigenvalue weighted by Crippen LogP contribution is 2.24. The Morgan fingerprint density at radius 3 is 2.48 bits per heavy atom. The van der Waals surface area contributed by atoms with Crippen LogP contribution in [-0.4, -0.2) is 25.5 Å². The van der Waals surface area contributed by atoms with Gasteiger partial charge >= 0.3 is 0 Å². The van der Waals surface area contributed by atoms with Crippen molar-refractivity contribution in [1.29, 1.82) is 0 Å². The summed E-state index contributed by atoms with van der Waals surface area (Å²) in [4.78, 5) is 14.6. The number of nitrogens with zero attached hydrogens (tertiary/aromatic N) is 1. The summed E-state index contributed by atoms with van der Waals surface area (Å²) in [7, 11) is 0. The van der Waals surface area contributed by atoms with E-state index in [0.29, 0.717) is 13.0 Å². The SMILES string of the molecule is Cc1ccc(C)c(NCCC(=O)Nc2ccc(N3CCC(C)CC3)cc2)c1. The second-order valence-corrected chi connectivity index (χ2v) is 7.76. The Morgan fingerprint density at radius 2 is 1.78 bits per heavy atom. The van der Waals surface area contributed by atoms with Gasteiger partial charge in [0.1, 0.15) is 0 Å². The minimum absolute atomic E-state index is 0.0346. The van der Waals surface area contributed by atoms with Crippen molar-refractivity contribution in [3.05, 3.63) is 53.6 Å². The topological polar surface area (TPSA) is 44.4 Å². The number of hydrogen-bond acceptors (Lipinski definition) is 3. The van der Waals surface area contributed by atoms with E-state index in [1.165, 1.54) is 29.7 Å². The Hall–Kier alpha value is -2.49. The highest BCUT2D eigenvalue weighted by atomic mass is 16.1. The van der Waals surface area contributed by atoms with E-state index in [4.69, 9.17) is 0 Å². The first-order valence-corrected chi connectivity index (χ1v) is 9.97. The molecule has 1 amide bonds. The third-order valence-corrected chi connectivity index (χ3v) is 5.36. The van der Waals surface area contributed by atoms with Gasteiger partial charge in [0.2, 0.25) is 5.91 Å². The van der Waals surface area contributed by atoms with Crippen LogP contribution in [0.4, 0.5) is 17.1 Å². The number of nitrogens with one attached hydrogen (secondary N) is 2. The zero-order chi connectivity index (χ0) is 19.2. The monoisotopic (exact) mass is 365 g/mol. The number of anilines is 3. The molecule has 0 aromatic heterocycles. The van der Waals surface area contributed by atoms with Crippen LogP contribution in [0.5, 0.6) is 0 Å². The lowest BCUT2D eigenvalue weighted by Gasteiger charge is -2.32. The second-order valence-electron chi connectivity index (χ2n) is 7.76. The molecule has 0 atom stereocenters. The van der Waals surface area contributed by atoms with Crippen LogP contribution < -0.4 is 15.5 Å². The molecule has 0 radical (unpaired) electrons. The maximum absolute atomic E-state index is 12.2. The van der Waals surface area contributed by atoms with Crippen molar-refractivity contribution in [3.63, 3.8) is 0 Å². The van der Waals surface area contributed by atoms with E-state index in [0.717, 1.165) is 30.4 Å². The summed E-state index contributed by atoms with van der Waals surface area (Å²) < 4.78 is 0. The van der Waals surface area contributed by atoms with E-state index < -0.39 is 0 Å². The molecule has 0 saturated carbocycles. The van der Waals surface area contributed by atoms with E-state index in [-0.39, 0.29) is 5.91 Å². The van der Waals surface area contributed by atoms with Crippen molar-refractivity contribution in [2.45, 2.75) is 40.0 Å². The van der Waals surface area contributed by atoms with Crippen molar-refractivity contribution >= 4 is 23.0 Å². The number of aryl methyl sites for hydroxylation is 2. The van der Waals surface area contributed by atoms with Gasteiger partial charge < -0.3 is 15.5 Å². The van der Waals surface area contributed by atoms with Gasteiger partial charge in [-0.3, -0.25) is 4.79 Å². The highest BCUT2D eigenvalue weighted by molar-refractivity contribution is 5.91. The molecule has 0 spiro atoms. The van der Waals surface area contributed by atoms with Crippen molar-refractivity contribution in [2.75, 3.05) is 35.2 Å². The zero-order valence-electron chi connectivity index (χ0n) is 16.7. The van der Waals surface area contributed by atoms with Crippen LogP contribution in [0.15, 0.2) is 42.5 Å². The number of carbonyl (C=O) groups excluding carboxylic acids is 1. The maximum atomic E-state index is 12.2. The van der Waals surface area contributed by atoms with Crippen molar-refractivity contribution in [3.8, 4) is 0 Å². The number of benzene rings is 2. The maximum Gasteiger partial charge on any atom is 0.226 e. The normalized spacial score (nSPS) is 14.9. The molecule has 3 rings (SSSR count). The first kappa shape index (κ1) is 19.3. The smallest absolute Gasteiger partial charge is 0.226 e. The summed E-state index contributed by atoms with van der Waals surface area (Å²) in [5.41, 5.74) is 5.62. The average molecular weight is 366 g/mol.